The summed E-state index contributed by atoms with van der Waals surface area (Å²) in [5.74, 6) is 1.10. The average molecular weight is 259 g/mol. The zero-order valence-corrected chi connectivity index (χ0v) is 11.3. The van der Waals surface area contributed by atoms with Crippen LogP contribution in [0.15, 0.2) is 18.2 Å². The van der Waals surface area contributed by atoms with Crippen molar-refractivity contribution in [2.75, 3.05) is 0 Å². The number of aromatic nitrogens is 2. The molecular formula is C15H21N3O. The minimum Gasteiger partial charge on any atom is -0.393 e. The van der Waals surface area contributed by atoms with Crippen molar-refractivity contribution in [2.24, 2.45) is 5.73 Å². The third kappa shape index (κ3) is 2.51. The molecule has 1 aromatic carbocycles. The van der Waals surface area contributed by atoms with E-state index in [9.17, 15) is 5.11 Å². The molecule has 19 heavy (non-hydrogen) atoms. The van der Waals surface area contributed by atoms with Crippen molar-refractivity contribution in [3.63, 3.8) is 0 Å². The van der Waals surface area contributed by atoms with Crippen molar-refractivity contribution in [2.45, 2.75) is 51.3 Å². The molecule has 0 radical (unpaired) electrons. The van der Waals surface area contributed by atoms with E-state index in [-0.39, 0.29) is 6.10 Å². The minimum atomic E-state index is -0.271. The monoisotopic (exact) mass is 259 g/mol. The standard InChI is InChI=1S/C15H21N3O/c1-10(19)2-7-15-17-13-8-11(9-16)3-6-14(13)18(15)12-4-5-12/h3,6,8,10,12,19H,2,4-5,7,9,16H2,1H3. The van der Waals surface area contributed by atoms with Crippen LogP contribution in [-0.4, -0.2) is 20.8 Å². The molecule has 0 saturated heterocycles. The van der Waals surface area contributed by atoms with E-state index in [1.165, 1.54) is 18.4 Å². The molecule has 4 heteroatoms. The molecule has 1 aromatic heterocycles. The summed E-state index contributed by atoms with van der Waals surface area (Å²) in [6.45, 7) is 2.38. The molecule has 2 aromatic rings. The highest BCUT2D eigenvalue weighted by molar-refractivity contribution is 5.77. The summed E-state index contributed by atoms with van der Waals surface area (Å²) < 4.78 is 2.36. The molecular weight excluding hydrogens is 238 g/mol. The number of nitrogens with two attached hydrogens (primary N) is 1. The number of rotatable bonds is 5. The van der Waals surface area contributed by atoms with Crippen LogP contribution >= 0.6 is 0 Å². The number of hydrogen-bond donors (Lipinski definition) is 2. The summed E-state index contributed by atoms with van der Waals surface area (Å²) in [6.07, 6.45) is 3.81. The van der Waals surface area contributed by atoms with Gasteiger partial charge in [0.15, 0.2) is 0 Å². The maximum atomic E-state index is 9.46. The second-order valence-corrected chi connectivity index (χ2v) is 5.54. The molecule has 1 saturated carbocycles. The highest BCUT2D eigenvalue weighted by Gasteiger charge is 2.28. The Morgan fingerprint density at radius 1 is 1.47 bits per heavy atom. The van der Waals surface area contributed by atoms with Gasteiger partial charge in [-0.1, -0.05) is 6.07 Å². The summed E-state index contributed by atoms with van der Waals surface area (Å²) in [5, 5.41) is 9.46. The van der Waals surface area contributed by atoms with Crippen molar-refractivity contribution >= 4 is 11.0 Å². The van der Waals surface area contributed by atoms with Crippen LogP contribution < -0.4 is 5.73 Å². The molecule has 1 fully saturated rings. The normalized spacial score (nSPS) is 17.0. The predicted molar refractivity (Wildman–Crippen MR) is 75.9 cm³/mol. The van der Waals surface area contributed by atoms with Gasteiger partial charge in [-0.15, -0.1) is 0 Å². The Morgan fingerprint density at radius 3 is 2.89 bits per heavy atom. The summed E-state index contributed by atoms with van der Waals surface area (Å²) in [7, 11) is 0. The van der Waals surface area contributed by atoms with Crippen LogP contribution in [0, 0.1) is 0 Å². The van der Waals surface area contributed by atoms with E-state index in [4.69, 9.17) is 10.7 Å². The van der Waals surface area contributed by atoms with E-state index in [1.54, 1.807) is 0 Å². The number of aliphatic hydroxyl groups is 1. The SMILES string of the molecule is CC(O)CCc1nc2cc(CN)ccc2n1C1CC1. The van der Waals surface area contributed by atoms with Crippen LogP contribution in [0.5, 0.6) is 0 Å². The summed E-state index contributed by atoms with van der Waals surface area (Å²) in [4.78, 5) is 4.75. The van der Waals surface area contributed by atoms with Crippen molar-refractivity contribution in [1.29, 1.82) is 0 Å². The molecule has 0 aliphatic heterocycles. The number of nitrogens with zero attached hydrogens (tertiary/aromatic N) is 2. The van der Waals surface area contributed by atoms with Crippen molar-refractivity contribution in [3.8, 4) is 0 Å². The van der Waals surface area contributed by atoms with Crippen LogP contribution in [0.1, 0.15) is 43.6 Å². The number of benzene rings is 1. The zero-order valence-electron chi connectivity index (χ0n) is 11.3. The number of imidazole rings is 1. The first-order valence-electron chi connectivity index (χ1n) is 7.07. The maximum Gasteiger partial charge on any atom is 0.110 e. The molecule has 3 N–H and O–H groups in total. The fraction of sp³-hybridized carbons (Fsp3) is 0.533. The topological polar surface area (TPSA) is 64.1 Å². The highest BCUT2D eigenvalue weighted by Crippen LogP contribution is 2.39. The Hall–Kier alpha value is -1.39. The second-order valence-electron chi connectivity index (χ2n) is 5.54. The summed E-state index contributed by atoms with van der Waals surface area (Å²) in [6, 6.07) is 6.91. The van der Waals surface area contributed by atoms with Crippen LogP contribution in [0.4, 0.5) is 0 Å². The quantitative estimate of drug-likeness (QED) is 0.864. The summed E-state index contributed by atoms with van der Waals surface area (Å²) in [5.41, 5.74) is 9.06. The lowest BCUT2D eigenvalue weighted by Crippen LogP contribution is -2.07. The zero-order chi connectivity index (χ0) is 13.4. The molecule has 0 amide bonds. The van der Waals surface area contributed by atoms with Crippen molar-refractivity contribution in [1.82, 2.24) is 9.55 Å². The third-order valence-electron chi connectivity index (χ3n) is 3.76. The lowest BCUT2D eigenvalue weighted by molar-refractivity contribution is 0.183. The van der Waals surface area contributed by atoms with Crippen molar-refractivity contribution < 1.29 is 5.11 Å². The molecule has 102 valence electrons. The number of aliphatic hydroxyl groups excluding tert-OH is 1. The first-order chi connectivity index (χ1) is 9.19. The maximum absolute atomic E-state index is 9.46. The van der Waals surface area contributed by atoms with Gasteiger partial charge in [-0.05, 0) is 43.9 Å². The lowest BCUT2D eigenvalue weighted by Gasteiger charge is -2.08. The van der Waals surface area contributed by atoms with Gasteiger partial charge >= 0.3 is 0 Å². The molecule has 1 aliphatic carbocycles. The smallest absolute Gasteiger partial charge is 0.110 e. The molecule has 1 heterocycles. The van der Waals surface area contributed by atoms with Crippen LogP contribution in [0.2, 0.25) is 0 Å². The van der Waals surface area contributed by atoms with Gasteiger partial charge < -0.3 is 15.4 Å². The molecule has 0 bridgehead atoms. The van der Waals surface area contributed by atoms with Gasteiger partial charge in [0.1, 0.15) is 5.82 Å². The van der Waals surface area contributed by atoms with Gasteiger partial charge in [-0.25, -0.2) is 4.98 Å². The number of fused-ring (bicyclic) bond motifs is 1. The molecule has 1 unspecified atom stereocenters. The van der Waals surface area contributed by atoms with Gasteiger partial charge in [-0.3, -0.25) is 0 Å². The van der Waals surface area contributed by atoms with Crippen LogP contribution in [0.25, 0.3) is 11.0 Å². The van der Waals surface area contributed by atoms with E-state index < -0.39 is 0 Å². The minimum absolute atomic E-state index is 0.271. The molecule has 1 aliphatic rings. The Bertz CT molecular complexity index is 584. The third-order valence-corrected chi connectivity index (χ3v) is 3.76. The number of aryl methyl sites for hydroxylation is 1. The van der Waals surface area contributed by atoms with E-state index in [0.717, 1.165) is 29.7 Å². The van der Waals surface area contributed by atoms with Crippen LogP contribution in [-0.2, 0) is 13.0 Å². The van der Waals surface area contributed by atoms with E-state index in [2.05, 4.69) is 22.8 Å². The van der Waals surface area contributed by atoms with Gasteiger partial charge in [0, 0.05) is 19.0 Å². The largest absolute Gasteiger partial charge is 0.393 e. The molecule has 1 atom stereocenters. The Morgan fingerprint density at radius 2 is 2.26 bits per heavy atom. The highest BCUT2D eigenvalue weighted by atomic mass is 16.3. The first-order valence-corrected chi connectivity index (χ1v) is 7.07. The Labute approximate surface area is 113 Å². The van der Waals surface area contributed by atoms with Crippen molar-refractivity contribution in [3.05, 3.63) is 29.6 Å². The Balaban J connectivity index is 2.01. The second kappa shape index (κ2) is 4.94. The van der Waals surface area contributed by atoms with Gasteiger partial charge in [0.05, 0.1) is 17.1 Å². The van der Waals surface area contributed by atoms with Crippen LogP contribution in [0.3, 0.4) is 0 Å². The van der Waals surface area contributed by atoms with E-state index in [1.807, 2.05) is 6.92 Å². The van der Waals surface area contributed by atoms with E-state index in [0.29, 0.717) is 12.6 Å². The number of hydrogen-bond acceptors (Lipinski definition) is 3. The molecule has 3 rings (SSSR count). The summed E-state index contributed by atoms with van der Waals surface area (Å²) >= 11 is 0. The molecule has 0 spiro atoms. The molecule has 4 nitrogen and oxygen atoms in total. The van der Waals surface area contributed by atoms with Gasteiger partial charge in [-0.2, -0.15) is 0 Å². The Kier molecular flexibility index (Phi) is 3.29. The predicted octanol–water partition coefficient (Wildman–Crippen LogP) is 2.14. The first kappa shape index (κ1) is 12.6. The van der Waals surface area contributed by atoms with Gasteiger partial charge in [0.2, 0.25) is 0 Å². The van der Waals surface area contributed by atoms with Gasteiger partial charge in [0.25, 0.3) is 0 Å². The average Bonchev–Trinajstić information content (AvgIpc) is 3.16. The fourth-order valence-corrected chi connectivity index (χ4v) is 2.58. The lowest BCUT2D eigenvalue weighted by atomic mass is 10.2. The fourth-order valence-electron chi connectivity index (χ4n) is 2.58. The van der Waals surface area contributed by atoms with E-state index >= 15 is 0 Å².